The highest BCUT2D eigenvalue weighted by molar-refractivity contribution is 9.10. The van der Waals surface area contributed by atoms with E-state index in [-0.39, 0.29) is 5.91 Å². The van der Waals surface area contributed by atoms with Gasteiger partial charge in [-0.3, -0.25) is 15.0 Å². The molecular weight excluding hydrogens is 300 g/mol. The van der Waals surface area contributed by atoms with Gasteiger partial charge in [-0.05, 0) is 28.1 Å². The number of hydrogen-bond acceptors (Lipinski definition) is 3. The average molecular weight is 309 g/mol. The molecule has 2 aromatic rings. The van der Waals surface area contributed by atoms with Crippen molar-refractivity contribution in [2.75, 3.05) is 11.4 Å². The maximum absolute atomic E-state index is 11.7. The Balaban J connectivity index is 1.99. The molecule has 3 rings (SSSR count). The van der Waals surface area contributed by atoms with Crippen LogP contribution in [0.3, 0.4) is 0 Å². The number of fused-ring (bicyclic) bond motifs is 1. The van der Waals surface area contributed by atoms with Crippen molar-refractivity contribution in [2.45, 2.75) is 6.42 Å². The minimum atomic E-state index is -0.422. The normalized spacial score (nSPS) is 16.2. The van der Waals surface area contributed by atoms with E-state index in [1.54, 1.807) is 4.52 Å². The van der Waals surface area contributed by atoms with Crippen LogP contribution in [0.15, 0.2) is 28.9 Å². The molecule has 1 saturated heterocycles. The summed E-state index contributed by atoms with van der Waals surface area (Å²) in [6.07, 6.45) is 2.11. The van der Waals surface area contributed by atoms with E-state index in [1.807, 2.05) is 24.4 Å². The summed E-state index contributed by atoms with van der Waals surface area (Å²) < 4.78 is 2.59. The Morgan fingerprint density at radius 2 is 2.17 bits per heavy atom. The molecule has 0 atom stereocenters. The second kappa shape index (κ2) is 4.09. The minimum Gasteiger partial charge on any atom is -0.278 e. The lowest BCUT2D eigenvalue weighted by Gasteiger charge is -2.23. The van der Waals surface area contributed by atoms with Crippen molar-refractivity contribution in [1.82, 2.24) is 14.9 Å². The van der Waals surface area contributed by atoms with Gasteiger partial charge in [0.05, 0.1) is 5.52 Å². The number of aromatic nitrogens is 2. The monoisotopic (exact) mass is 308 g/mol. The number of carbonyl (C=O) groups is 2. The molecule has 7 heteroatoms. The van der Waals surface area contributed by atoms with Crippen molar-refractivity contribution in [2.24, 2.45) is 0 Å². The van der Waals surface area contributed by atoms with Gasteiger partial charge in [-0.1, -0.05) is 0 Å². The summed E-state index contributed by atoms with van der Waals surface area (Å²) in [6, 6.07) is 5.18. The van der Waals surface area contributed by atoms with Crippen molar-refractivity contribution in [1.29, 1.82) is 0 Å². The standard InChI is InChI=1S/C11H9BrN4O2/c12-7-1-2-8-5-9(14-16(8)6-7)15-4-3-10(17)13-11(15)18/h1-2,5-6H,3-4H2,(H,13,17,18). The SMILES string of the molecule is O=C1CCN(c2cc3ccc(Br)cn3n2)C(=O)N1. The van der Waals surface area contributed by atoms with Crippen LogP contribution >= 0.6 is 15.9 Å². The highest BCUT2D eigenvalue weighted by atomic mass is 79.9. The van der Waals surface area contributed by atoms with Gasteiger partial charge in [0.1, 0.15) is 0 Å². The molecule has 1 aliphatic heterocycles. The molecule has 3 heterocycles. The van der Waals surface area contributed by atoms with Crippen LogP contribution in [0.5, 0.6) is 0 Å². The van der Waals surface area contributed by atoms with E-state index in [4.69, 9.17) is 0 Å². The maximum atomic E-state index is 11.7. The first-order valence-corrected chi connectivity index (χ1v) is 6.19. The largest absolute Gasteiger partial charge is 0.329 e. The number of pyridine rings is 1. The van der Waals surface area contributed by atoms with Gasteiger partial charge in [0, 0.05) is 29.7 Å². The second-order valence-corrected chi connectivity index (χ2v) is 4.89. The van der Waals surface area contributed by atoms with Gasteiger partial charge in [0.25, 0.3) is 0 Å². The summed E-state index contributed by atoms with van der Waals surface area (Å²) in [5.74, 6) is 0.292. The van der Waals surface area contributed by atoms with Gasteiger partial charge in [0.2, 0.25) is 5.91 Å². The third-order valence-corrected chi connectivity index (χ3v) is 3.21. The molecular formula is C11H9BrN4O2. The van der Waals surface area contributed by atoms with E-state index >= 15 is 0 Å². The molecule has 0 aromatic carbocycles. The maximum Gasteiger partial charge on any atom is 0.329 e. The number of rotatable bonds is 1. The third kappa shape index (κ3) is 1.86. The number of carbonyl (C=O) groups excluding carboxylic acids is 2. The summed E-state index contributed by atoms with van der Waals surface area (Å²) in [5.41, 5.74) is 0.887. The Labute approximate surface area is 111 Å². The van der Waals surface area contributed by atoms with E-state index < -0.39 is 6.03 Å². The van der Waals surface area contributed by atoms with Crippen molar-refractivity contribution in [3.8, 4) is 0 Å². The Morgan fingerprint density at radius 3 is 2.94 bits per heavy atom. The number of urea groups is 1. The fourth-order valence-corrected chi connectivity index (χ4v) is 2.19. The Bertz CT molecular complexity index is 652. The molecule has 1 N–H and O–H groups in total. The smallest absolute Gasteiger partial charge is 0.278 e. The number of halogens is 1. The molecule has 0 saturated carbocycles. The van der Waals surface area contributed by atoms with Crippen LogP contribution in [-0.2, 0) is 4.79 Å². The quantitative estimate of drug-likeness (QED) is 0.869. The first kappa shape index (κ1) is 11.2. The first-order chi connectivity index (χ1) is 8.63. The van der Waals surface area contributed by atoms with Crippen LogP contribution in [0.4, 0.5) is 10.6 Å². The zero-order valence-corrected chi connectivity index (χ0v) is 10.8. The van der Waals surface area contributed by atoms with Gasteiger partial charge in [-0.2, -0.15) is 0 Å². The molecule has 0 bridgehead atoms. The second-order valence-electron chi connectivity index (χ2n) is 3.97. The molecule has 1 aliphatic rings. The van der Waals surface area contributed by atoms with Crippen LogP contribution in [0.2, 0.25) is 0 Å². The predicted octanol–water partition coefficient (Wildman–Crippen LogP) is 1.54. The number of hydrogen-bond donors (Lipinski definition) is 1. The van der Waals surface area contributed by atoms with Crippen LogP contribution in [-0.4, -0.2) is 28.1 Å². The number of imide groups is 1. The molecule has 18 heavy (non-hydrogen) atoms. The van der Waals surface area contributed by atoms with E-state index in [0.29, 0.717) is 18.8 Å². The summed E-state index contributed by atoms with van der Waals surface area (Å²) in [4.78, 5) is 24.2. The molecule has 0 radical (unpaired) electrons. The van der Waals surface area contributed by atoms with Gasteiger partial charge in [-0.25, -0.2) is 9.31 Å². The van der Waals surface area contributed by atoms with E-state index in [1.165, 1.54) is 4.90 Å². The summed E-state index contributed by atoms with van der Waals surface area (Å²) in [5, 5.41) is 6.59. The Hall–Kier alpha value is -1.89. The summed E-state index contributed by atoms with van der Waals surface area (Å²) in [6.45, 7) is 0.357. The van der Waals surface area contributed by atoms with Gasteiger partial charge in [-0.15, -0.1) is 5.10 Å². The lowest BCUT2D eigenvalue weighted by molar-refractivity contribution is -0.120. The van der Waals surface area contributed by atoms with Crippen LogP contribution < -0.4 is 10.2 Å². The van der Waals surface area contributed by atoms with Gasteiger partial charge < -0.3 is 0 Å². The molecule has 0 aliphatic carbocycles. The molecule has 2 aromatic heterocycles. The van der Waals surface area contributed by atoms with Crippen LogP contribution in [0.1, 0.15) is 6.42 Å². The molecule has 1 fully saturated rings. The van der Waals surface area contributed by atoms with E-state index in [2.05, 4.69) is 26.3 Å². The van der Waals surface area contributed by atoms with Gasteiger partial charge in [0.15, 0.2) is 5.82 Å². The van der Waals surface area contributed by atoms with Crippen LogP contribution in [0, 0.1) is 0 Å². The zero-order valence-electron chi connectivity index (χ0n) is 9.26. The van der Waals surface area contributed by atoms with Crippen LogP contribution in [0.25, 0.3) is 5.52 Å². The lowest BCUT2D eigenvalue weighted by Crippen LogP contribution is -2.49. The fourth-order valence-electron chi connectivity index (χ4n) is 1.86. The van der Waals surface area contributed by atoms with Crippen molar-refractivity contribution in [3.05, 3.63) is 28.9 Å². The number of amides is 3. The molecule has 0 spiro atoms. The summed E-state index contributed by atoms with van der Waals surface area (Å²) in [7, 11) is 0. The van der Waals surface area contributed by atoms with Crippen molar-refractivity contribution < 1.29 is 9.59 Å². The Morgan fingerprint density at radius 1 is 1.33 bits per heavy atom. The number of anilines is 1. The highest BCUT2D eigenvalue weighted by Crippen LogP contribution is 2.19. The van der Waals surface area contributed by atoms with E-state index in [0.717, 1.165) is 9.99 Å². The first-order valence-electron chi connectivity index (χ1n) is 5.40. The molecule has 3 amide bonds. The minimum absolute atomic E-state index is 0.247. The topological polar surface area (TPSA) is 66.7 Å². The predicted molar refractivity (Wildman–Crippen MR) is 68.4 cm³/mol. The number of nitrogens with one attached hydrogen (secondary N) is 1. The third-order valence-electron chi connectivity index (χ3n) is 2.74. The highest BCUT2D eigenvalue weighted by Gasteiger charge is 2.25. The van der Waals surface area contributed by atoms with Crippen molar-refractivity contribution in [3.63, 3.8) is 0 Å². The van der Waals surface area contributed by atoms with Crippen molar-refractivity contribution >= 4 is 39.2 Å². The Kier molecular flexibility index (Phi) is 2.55. The summed E-state index contributed by atoms with van der Waals surface area (Å²) >= 11 is 3.36. The average Bonchev–Trinajstić information content (AvgIpc) is 2.71. The fraction of sp³-hybridized carbons (Fsp3) is 0.182. The lowest BCUT2D eigenvalue weighted by atomic mass is 10.3. The van der Waals surface area contributed by atoms with Gasteiger partial charge >= 0.3 is 6.03 Å². The molecule has 92 valence electrons. The zero-order chi connectivity index (χ0) is 12.7. The number of nitrogens with zero attached hydrogens (tertiary/aromatic N) is 3. The molecule has 6 nitrogen and oxygen atoms in total. The van der Waals surface area contributed by atoms with E-state index in [9.17, 15) is 9.59 Å². The molecule has 0 unspecified atom stereocenters.